The Kier molecular flexibility index (Phi) is 4.08. The minimum Gasteiger partial charge on any atom is -0.493 e. The van der Waals surface area contributed by atoms with Gasteiger partial charge in [-0.15, -0.1) is 0 Å². The summed E-state index contributed by atoms with van der Waals surface area (Å²) in [6, 6.07) is 13.0. The molecular formula is C21H26N2O2. The summed E-state index contributed by atoms with van der Waals surface area (Å²) in [7, 11) is 5.68. The minimum absolute atomic E-state index is 0.313. The van der Waals surface area contributed by atoms with Crippen LogP contribution in [0.4, 0.5) is 5.69 Å². The Labute approximate surface area is 149 Å². The average molecular weight is 338 g/mol. The maximum Gasteiger partial charge on any atom is 0.164 e. The first-order valence-electron chi connectivity index (χ1n) is 8.96. The number of nitrogens with zero attached hydrogens (tertiary/aromatic N) is 1. The molecule has 4 heteroatoms. The zero-order valence-corrected chi connectivity index (χ0v) is 15.2. The molecule has 1 aliphatic heterocycles. The SMILES string of the molecule is COc1ccc2c(c1OC)C(c1ccc(N)cc1)C1CCCN(C)C21. The van der Waals surface area contributed by atoms with E-state index in [1.54, 1.807) is 14.2 Å². The van der Waals surface area contributed by atoms with Crippen molar-refractivity contribution in [3.8, 4) is 11.5 Å². The molecule has 2 aromatic carbocycles. The third-order valence-electron chi connectivity index (χ3n) is 5.90. The summed E-state index contributed by atoms with van der Waals surface area (Å²) < 4.78 is 11.4. The maximum absolute atomic E-state index is 5.92. The number of hydrogen-bond donors (Lipinski definition) is 1. The van der Waals surface area contributed by atoms with Crippen LogP contribution in [0.1, 0.15) is 41.5 Å². The summed E-state index contributed by atoms with van der Waals surface area (Å²) in [6.45, 7) is 1.14. The average Bonchev–Trinajstić information content (AvgIpc) is 2.97. The van der Waals surface area contributed by atoms with Crippen LogP contribution in [0.25, 0.3) is 0 Å². The van der Waals surface area contributed by atoms with E-state index in [0.29, 0.717) is 17.9 Å². The highest BCUT2D eigenvalue weighted by molar-refractivity contribution is 5.60. The summed E-state index contributed by atoms with van der Waals surface area (Å²) >= 11 is 0. The first-order valence-corrected chi connectivity index (χ1v) is 8.96. The molecule has 1 heterocycles. The fraction of sp³-hybridized carbons (Fsp3) is 0.429. The lowest BCUT2D eigenvalue weighted by molar-refractivity contribution is 0.127. The number of rotatable bonds is 3. The fourth-order valence-corrected chi connectivity index (χ4v) is 4.89. The molecule has 4 rings (SSSR count). The number of methoxy groups -OCH3 is 2. The third-order valence-corrected chi connectivity index (χ3v) is 5.90. The molecule has 2 N–H and O–H groups in total. The summed E-state index contributed by atoms with van der Waals surface area (Å²) in [4.78, 5) is 2.50. The Morgan fingerprint density at radius 1 is 1.04 bits per heavy atom. The largest absolute Gasteiger partial charge is 0.493 e. The van der Waals surface area contributed by atoms with Crippen molar-refractivity contribution in [1.29, 1.82) is 0 Å². The quantitative estimate of drug-likeness (QED) is 0.865. The lowest BCUT2D eigenvalue weighted by Gasteiger charge is -2.37. The Balaban J connectivity index is 1.93. The van der Waals surface area contributed by atoms with Crippen molar-refractivity contribution in [2.75, 3.05) is 33.5 Å². The van der Waals surface area contributed by atoms with E-state index in [1.807, 2.05) is 18.2 Å². The molecule has 3 unspecified atom stereocenters. The van der Waals surface area contributed by atoms with E-state index < -0.39 is 0 Å². The molecular weight excluding hydrogens is 312 g/mol. The molecule has 4 nitrogen and oxygen atoms in total. The topological polar surface area (TPSA) is 47.7 Å². The number of anilines is 1. The Morgan fingerprint density at radius 2 is 1.80 bits per heavy atom. The van der Waals surface area contributed by atoms with E-state index in [0.717, 1.165) is 23.7 Å². The number of nitrogen functional groups attached to an aromatic ring is 1. The molecule has 1 fully saturated rings. The lowest BCUT2D eigenvalue weighted by atomic mass is 9.80. The van der Waals surface area contributed by atoms with E-state index in [-0.39, 0.29) is 0 Å². The van der Waals surface area contributed by atoms with Gasteiger partial charge in [-0.3, -0.25) is 4.90 Å². The minimum atomic E-state index is 0.313. The molecule has 2 aliphatic rings. The number of nitrogens with two attached hydrogens (primary N) is 1. The summed E-state index contributed by atoms with van der Waals surface area (Å²) in [5, 5.41) is 0. The van der Waals surface area contributed by atoms with Crippen molar-refractivity contribution in [2.45, 2.75) is 24.8 Å². The second-order valence-corrected chi connectivity index (χ2v) is 7.18. The van der Waals surface area contributed by atoms with Gasteiger partial charge in [0.2, 0.25) is 0 Å². The van der Waals surface area contributed by atoms with Gasteiger partial charge in [-0.05, 0) is 61.7 Å². The van der Waals surface area contributed by atoms with Crippen LogP contribution in [-0.4, -0.2) is 32.7 Å². The summed E-state index contributed by atoms with van der Waals surface area (Å²) in [6.07, 6.45) is 2.46. The van der Waals surface area contributed by atoms with Crippen LogP contribution in [0.2, 0.25) is 0 Å². The normalized spacial score (nSPS) is 25.3. The van der Waals surface area contributed by atoms with Crippen LogP contribution in [-0.2, 0) is 0 Å². The molecule has 0 aromatic heterocycles. The van der Waals surface area contributed by atoms with E-state index in [9.17, 15) is 0 Å². The number of likely N-dealkylation sites (tertiary alicyclic amines) is 1. The van der Waals surface area contributed by atoms with Crippen LogP contribution < -0.4 is 15.2 Å². The Bertz CT molecular complexity index is 772. The van der Waals surface area contributed by atoms with Gasteiger partial charge in [-0.2, -0.15) is 0 Å². The number of fused-ring (bicyclic) bond motifs is 3. The highest BCUT2D eigenvalue weighted by Crippen LogP contribution is 2.58. The molecule has 1 aliphatic carbocycles. The van der Waals surface area contributed by atoms with E-state index >= 15 is 0 Å². The van der Waals surface area contributed by atoms with E-state index in [4.69, 9.17) is 15.2 Å². The van der Waals surface area contributed by atoms with Gasteiger partial charge in [0.15, 0.2) is 11.5 Å². The molecule has 2 aromatic rings. The number of piperidine rings is 1. The van der Waals surface area contributed by atoms with Gasteiger partial charge < -0.3 is 15.2 Å². The highest BCUT2D eigenvalue weighted by Gasteiger charge is 2.46. The second-order valence-electron chi connectivity index (χ2n) is 7.18. The van der Waals surface area contributed by atoms with Crippen LogP contribution in [0, 0.1) is 5.92 Å². The summed E-state index contributed by atoms with van der Waals surface area (Å²) in [5.74, 6) is 2.56. The van der Waals surface area contributed by atoms with E-state index in [1.165, 1.54) is 29.5 Å². The van der Waals surface area contributed by atoms with Crippen LogP contribution in [0.5, 0.6) is 11.5 Å². The zero-order chi connectivity index (χ0) is 17.6. The van der Waals surface area contributed by atoms with Gasteiger partial charge in [0.25, 0.3) is 0 Å². The van der Waals surface area contributed by atoms with Gasteiger partial charge in [0, 0.05) is 23.2 Å². The molecule has 0 amide bonds. The van der Waals surface area contributed by atoms with E-state index in [2.05, 4.69) is 30.1 Å². The van der Waals surface area contributed by atoms with Gasteiger partial charge >= 0.3 is 0 Å². The van der Waals surface area contributed by atoms with Crippen molar-refractivity contribution in [3.63, 3.8) is 0 Å². The molecule has 3 atom stereocenters. The predicted octanol–water partition coefficient (Wildman–Crippen LogP) is 3.81. The van der Waals surface area contributed by atoms with Crippen molar-refractivity contribution >= 4 is 5.69 Å². The molecule has 0 saturated carbocycles. The second kappa shape index (κ2) is 6.26. The van der Waals surface area contributed by atoms with Gasteiger partial charge in [-0.25, -0.2) is 0 Å². The predicted molar refractivity (Wildman–Crippen MR) is 100 cm³/mol. The maximum atomic E-state index is 5.92. The fourth-order valence-electron chi connectivity index (χ4n) is 4.89. The molecule has 132 valence electrons. The van der Waals surface area contributed by atoms with Crippen LogP contribution in [0.3, 0.4) is 0 Å². The molecule has 0 bridgehead atoms. The molecule has 1 saturated heterocycles. The van der Waals surface area contributed by atoms with Crippen LogP contribution >= 0.6 is 0 Å². The first kappa shape index (κ1) is 16.3. The third kappa shape index (κ3) is 2.47. The van der Waals surface area contributed by atoms with Crippen molar-refractivity contribution in [1.82, 2.24) is 4.90 Å². The molecule has 0 spiro atoms. The van der Waals surface area contributed by atoms with Crippen LogP contribution in [0.15, 0.2) is 36.4 Å². The highest BCUT2D eigenvalue weighted by atomic mass is 16.5. The van der Waals surface area contributed by atoms with Gasteiger partial charge in [0.05, 0.1) is 14.2 Å². The smallest absolute Gasteiger partial charge is 0.164 e. The van der Waals surface area contributed by atoms with Crippen molar-refractivity contribution in [2.24, 2.45) is 5.92 Å². The van der Waals surface area contributed by atoms with Crippen molar-refractivity contribution in [3.05, 3.63) is 53.1 Å². The Morgan fingerprint density at radius 3 is 2.48 bits per heavy atom. The zero-order valence-electron chi connectivity index (χ0n) is 15.2. The first-order chi connectivity index (χ1) is 12.2. The van der Waals surface area contributed by atoms with Gasteiger partial charge in [-0.1, -0.05) is 18.2 Å². The lowest BCUT2D eigenvalue weighted by Crippen LogP contribution is -2.34. The number of benzene rings is 2. The number of hydrogen-bond acceptors (Lipinski definition) is 4. The van der Waals surface area contributed by atoms with Crippen molar-refractivity contribution < 1.29 is 9.47 Å². The Hall–Kier alpha value is -2.20. The molecule has 0 radical (unpaired) electrons. The molecule has 25 heavy (non-hydrogen) atoms. The van der Waals surface area contributed by atoms with Gasteiger partial charge in [0.1, 0.15) is 0 Å². The number of ether oxygens (including phenoxy) is 2. The summed E-state index contributed by atoms with van der Waals surface area (Å²) in [5.41, 5.74) is 10.7. The standard InChI is InChI=1S/C21H26N2O2/c1-23-12-4-5-15-18(13-6-8-14(22)9-7-13)19-16(20(15)23)10-11-17(24-2)21(19)25-3/h6-11,15,18,20H,4-5,12,22H2,1-3H3. The monoisotopic (exact) mass is 338 g/mol.